The number of piperidine rings is 1. The molecule has 156 valence electrons. The first-order chi connectivity index (χ1) is 14.5. The summed E-state index contributed by atoms with van der Waals surface area (Å²) < 4.78 is 13.4. The minimum absolute atomic E-state index is 0.0512. The van der Waals surface area contributed by atoms with Crippen LogP contribution in [0.25, 0.3) is 0 Å². The van der Waals surface area contributed by atoms with E-state index in [-0.39, 0.29) is 24.1 Å². The number of benzene rings is 2. The molecule has 1 N–H and O–H groups in total. The zero-order valence-corrected chi connectivity index (χ0v) is 17.2. The zero-order valence-electron chi connectivity index (χ0n) is 16.4. The predicted octanol–water partition coefficient (Wildman–Crippen LogP) is 3.53. The first kappa shape index (κ1) is 20.4. The Hall–Kier alpha value is -2.87. The van der Waals surface area contributed by atoms with Crippen LogP contribution < -0.4 is 10.2 Å². The van der Waals surface area contributed by atoms with E-state index < -0.39 is 11.7 Å². The average molecular weight is 428 g/mol. The molecule has 2 aliphatic rings. The van der Waals surface area contributed by atoms with E-state index in [0.29, 0.717) is 16.9 Å². The number of rotatable bonds is 4. The van der Waals surface area contributed by atoms with Gasteiger partial charge in [0.1, 0.15) is 12.4 Å². The maximum atomic E-state index is 13.4. The fraction of sp³-hybridized carbons (Fsp3) is 0.318. The third-order valence-corrected chi connectivity index (χ3v) is 6.25. The second-order valence-electron chi connectivity index (χ2n) is 7.36. The van der Waals surface area contributed by atoms with Gasteiger partial charge in [-0.1, -0.05) is 6.07 Å². The lowest BCUT2D eigenvalue weighted by atomic mass is 10.1. The zero-order chi connectivity index (χ0) is 21.1. The second-order valence-corrected chi connectivity index (χ2v) is 8.38. The number of halogens is 1. The van der Waals surface area contributed by atoms with Crippen molar-refractivity contribution in [3.05, 3.63) is 53.8 Å². The monoisotopic (exact) mass is 427 g/mol. The van der Waals surface area contributed by atoms with Crippen LogP contribution in [-0.2, 0) is 9.59 Å². The lowest BCUT2D eigenvalue weighted by molar-refractivity contribution is -0.120. The van der Waals surface area contributed by atoms with E-state index in [0.717, 1.165) is 37.2 Å². The number of anilines is 2. The molecule has 0 bridgehead atoms. The smallest absolute Gasteiger partial charge is 0.253 e. The van der Waals surface area contributed by atoms with Gasteiger partial charge in [0, 0.05) is 29.2 Å². The van der Waals surface area contributed by atoms with Gasteiger partial charge in [0.2, 0.25) is 11.8 Å². The largest absolute Gasteiger partial charge is 0.339 e. The summed E-state index contributed by atoms with van der Waals surface area (Å²) in [5.74, 6) is -0.919. The second kappa shape index (κ2) is 8.87. The molecule has 2 aromatic carbocycles. The molecule has 1 saturated heterocycles. The van der Waals surface area contributed by atoms with Gasteiger partial charge in [-0.25, -0.2) is 4.39 Å². The van der Waals surface area contributed by atoms with Gasteiger partial charge in [0.15, 0.2) is 0 Å². The summed E-state index contributed by atoms with van der Waals surface area (Å²) in [5, 5.41) is 2.62. The number of likely N-dealkylation sites (tertiary alicyclic amines) is 1. The fourth-order valence-electron chi connectivity index (χ4n) is 3.70. The van der Waals surface area contributed by atoms with Crippen molar-refractivity contribution in [2.45, 2.75) is 24.2 Å². The van der Waals surface area contributed by atoms with Crippen molar-refractivity contribution in [3.8, 4) is 0 Å². The van der Waals surface area contributed by atoms with Gasteiger partial charge in [0.25, 0.3) is 5.91 Å². The molecule has 1 fully saturated rings. The number of carbonyl (C=O) groups is 3. The Morgan fingerprint density at radius 3 is 2.63 bits per heavy atom. The van der Waals surface area contributed by atoms with Crippen LogP contribution in [0.3, 0.4) is 0 Å². The minimum atomic E-state index is -0.454. The van der Waals surface area contributed by atoms with Crippen molar-refractivity contribution in [2.75, 3.05) is 35.6 Å². The molecule has 0 aromatic heterocycles. The Morgan fingerprint density at radius 1 is 1.07 bits per heavy atom. The molecule has 4 rings (SSSR count). The molecule has 0 aliphatic carbocycles. The minimum Gasteiger partial charge on any atom is -0.339 e. The summed E-state index contributed by atoms with van der Waals surface area (Å²) in [6.45, 7) is 1.27. The number of amides is 3. The molecule has 0 spiro atoms. The molecular formula is C22H22FN3O3S. The summed E-state index contributed by atoms with van der Waals surface area (Å²) in [4.78, 5) is 42.0. The molecule has 2 aliphatic heterocycles. The van der Waals surface area contributed by atoms with Crippen molar-refractivity contribution in [1.82, 2.24) is 4.90 Å². The summed E-state index contributed by atoms with van der Waals surface area (Å²) in [5.41, 5.74) is 1.41. The van der Waals surface area contributed by atoms with E-state index in [1.165, 1.54) is 34.9 Å². The standard InChI is InChI=1S/C22H22FN3O3S/c23-16-5-4-6-17(12-16)24-20(27)13-26-18-11-15(7-8-19(18)30-14-21(26)28)22(29)25-9-2-1-3-10-25/h4-8,11-12H,1-3,9-10,13-14H2,(H,24,27). The van der Waals surface area contributed by atoms with Gasteiger partial charge in [0.05, 0.1) is 11.4 Å². The Labute approximate surface area is 178 Å². The van der Waals surface area contributed by atoms with E-state index in [1.54, 1.807) is 18.2 Å². The van der Waals surface area contributed by atoms with Crippen molar-refractivity contribution >= 4 is 40.9 Å². The van der Waals surface area contributed by atoms with Crippen molar-refractivity contribution in [2.24, 2.45) is 0 Å². The third-order valence-electron chi connectivity index (χ3n) is 5.20. The molecule has 8 heteroatoms. The molecule has 2 heterocycles. The van der Waals surface area contributed by atoms with Crippen LogP contribution in [-0.4, -0.2) is 48.0 Å². The van der Waals surface area contributed by atoms with Crippen LogP contribution in [0, 0.1) is 5.82 Å². The first-order valence-corrected chi connectivity index (χ1v) is 10.9. The molecule has 2 aromatic rings. The van der Waals surface area contributed by atoms with E-state index in [1.807, 2.05) is 11.0 Å². The number of hydrogen-bond acceptors (Lipinski definition) is 4. The van der Waals surface area contributed by atoms with Gasteiger partial charge in [-0.3, -0.25) is 14.4 Å². The van der Waals surface area contributed by atoms with Gasteiger partial charge < -0.3 is 15.1 Å². The average Bonchev–Trinajstić information content (AvgIpc) is 2.75. The summed E-state index contributed by atoms with van der Waals surface area (Å²) in [6, 6.07) is 10.9. The molecule has 3 amide bonds. The van der Waals surface area contributed by atoms with Crippen LogP contribution in [0.4, 0.5) is 15.8 Å². The maximum Gasteiger partial charge on any atom is 0.253 e. The highest BCUT2D eigenvalue weighted by Gasteiger charge is 2.28. The first-order valence-electron chi connectivity index (χ1n) is 9.93. The highest BCUT2D eigenvalue weighted by Crippen LogP contribution is 2.36. The van der Waals surface area contributed by atoms with Gasteiger partial charge in [-0.05, 0) is 55.7 Å². The molecule has 0 radical (unpaired) electrons. The Bertz CT molecular complexity index is 991. The molecule has 0 saturated carbocycles. The van der Waals surface area contributed by atoms with Gasteiger partial charge in [-0.15, -0.1) is 11.8 Å². The van der Waals surface area contributed by atoms with Crippen molar-refractivity contribution in [3.63, 3.8) is 0 Å². The van der Waals surface area contributed by atoms with Gasteiger partial charge in [-0.2, -0.15) is 0 Å². The molecule has 6 nitrogen and oxygen atoms in total. The number of nitrogens with one attached hydrogen (secondary N) is 1. The van der Waals surface area contributed by atoms with Crippen LogP contribution in [0.5, 0.6) is 0 Å². The summed E-state index contributed by atoms with van der Waals surface area (Å²) in [7, 11) is 0. The lowest BCUT2D eigenvalue weighted by Gasteiger charge is -2.30. The number of carbonyl (C=O) groups excluding carboxylic acids is 3. The highest BCUT2D eigenvalue weighted by atomic mass is 32.2. The normalized spacial score (nSPS) is 16.2. The lowest BCUT2D eigenvalue weighted by Crippen LogP contribution is -2.41. The Morgan fingerprint density at radius 2 is 1.87 bits per heavy atom. The number of hydrogen-bond donors (Lipinski definition) is 1. The Kier molecular flexibility index (Phi) is 6.03. The topological polar surface area (TPSA) is 69.7 Å². The molecule has 30 heavy (non-hydrogen) atoms. The molecular weight excluding hydrogens is 405 g/mol. The van der Waals surface area contributed by atoms with E-state index >= 15 is 0 Å². The number of nitrogens with zero attached hydrogens (tertiary/aromatic N) is 2. The van der Waals surface area contributed by atoms with Crippen LogP contribution in [0.15, 0.2) is 47.4 Å². The maximum absolute atomic E-state index is 13.4. The molecule has 0 atom stereocenters. The van der Waals surface area contributed by atoms with Crippen LogP contribution in [0.1, 0.15) is 29.6 Å². The van der Waals surface area contributed by atoms with Crippen molar-refractivity contribution in [1.29, 1.82) is 0 Å². The number of thioether (sulfide) groups is 1. The predicted molar refractivity (Wildman–Crippen MR) is 114 cm³/mol. The van der Waals surface area contributed by atoms with E-state index in [9.17, 15) is 18.8 Å². The van der Waals surface area contributed by atoms with Gasteiger partial charge >= 0.3 is 0 Å². The summed E-state index contributed by atoms with van der Waals surface area (Å²) in [6.07, 6.45) is 3.13. The SMILES string of the molecule is O=C(CN1C(=O)CSc2ccc(C(=O)N3CCCCC3)cc21)Nc1cccc(F)c1. The Balaban J connectivity index is 1.54. The number of fused-ring (bicyclic) bond motifs is 1. The third kappa shape index (κ3) is 4.48. The van der Waals surface area contributed by atoms with E-state index in [2.05, 4.69) is 5.32 Å². The van der Waals surface area contributed by atoms with Crippen molar-refractivity contribution < 1.29 is 18.8 Å². The quantitative estimate of drug-likeness (QED) is 0.811. The van der Waals surface area contributed by atoms with E-state index in [4.69, 9.17) is 0 Å². The fourth-order valence-corrected chi connectivity index (χ4v) is 4.61. The highest BCUT2D eigenvalue weighted by molar-refractivity contribution is 8.00. The molecule has 0 unspecified atom stereocenters. The summed E-state index contributed by atoms with van der Waals surface area (Å²) >= 11 is 1.39. The van der Waals surface area contributed by atoms with Crippen LogP contribution >= 0.6 is 11.8 Å². The van der Waals surface area contributed by atoms with Crippen LogP contribution in [0.2, 0.25) is 0 Å².